The molecule has 0 spiro atoms. The zero-order chi connectivity index (χ0) is 14.0. The molecule has 1 heterocycles. The summed E-state index contributed by atoms with van der Waals surface area (Å²) in [5.41, 5.74) is 1.15. The summed E-state index contributed by atoms with van der Waals surface area (Å²) in [6, 6.07) is 3.38. The summed E-state index contributed by atoms with van der Waals surface area (Å²) in [7, 11) is 3.00. The summed E-state index contributed by atoms with van der Waals surface area (Å²) in [5, 5.41) is 11.8. The quantitative estimate of drug-likeness (QED) is 0.860. The predicted molar refractivity (Wildman–Crippen MR) is 67.6 cm³/mol. The largest absolute Gasteiger partial charge is 0.496 e. The number of ether oxygens (including phenoxy) is 2. The molecule has 2 N–H and O–H groups in total. The molecular formula is C13H15NO5. The summed E-state index contributed by atoms with van der Waals surface area (Å²) < 4.78 is 10.4. The van der Waals surface area contributed by atoms with Crippen molar-refractivity contribution >= 4 is 17.6 Å². The molecule has 0 aromatic heterocycles. The molecule has 0 saturated carbocycles. The minimum Gasteiger partial charge on any atom is -0.496 e. The van der Waals surface area contributed by atoms with E-state index in [-0.39, 0.29) is 18.7 Å². The smallest absolute Gasteiger partial charge is 0.307 e. The van der Waals surface area contributed by atoms with Crippen molar-refractivity contribution in [3.8, 4) is 11.5 Å². The number of rotatable bonds is 3. The molecule has 0 bridgehead atoms. The third-order valence-corrected chi connectivity index (χ3v) is 3.17. The molecule has 1 aliphatic heterocycles. The van der Waals surface area contributed by atoms with Gasteiger partial charge in [-0.25, -0.2) is 0 Å². The highest BCUT2D eigenvalue weighted by Crippen LogP contribution is 2.39. The zero-order valence-corrected chi connectivity index (χ0v) is 10.7. The summed E-state index contributed by atoms with van der Waals surface area (Å²) in [4.78, 5) is 22.9. The molecule has 1 unspecified atom stereocenters. The fourth-order valence-electron chi connectivity index (χ4n) is 2.22. The van der Waals surface area contributed by atoms with Gasteiger partial charge in [-0.15, -0.1) is 0 Å². The van der Waals surface area contributed by atoms with Crippen molar-refractivity contribution in [3.05, 3.63) is 17.7 Å². The number of aliphatic carboxylic acids is 1. The van der Waals surface area contributed by atoms with Crippen LogP contribution in [0.5, 0.6) is 11.5 Å². The van der Waals surface area contributed by atoms with Crippen LogP contribution in [0.2, 0.25) is 0 Å². The molecule has 19 heavy (non-hydrogen) atoms. The van der Waals surface area contributed by atoms with Crippen LogP contribution in [0.15, 0.2) is 12.1 Å². The summed E-state index contributed by atoms with van der Waals surface area (Å²) >= 11 is 0. The fourth-order valence-corrected chi connectivity index (χ4v) is 2.22. The van der Waals surface area contributed by atoms with Crippen molar-refractivity contribution in [2.75, 3.05) is 19.5 Å². The molecule has 6 heteroatoms. The van der Waals surface area contributed by atoms with Gasteiger partial charge in [0.15, 0.2) is 0 Å². The predicted octanol–water partition coefficient (Wildman–Crippen LogP) is 1.29. The van der Waals surface area contributed by atoms with Crippen molar-refractivity contribution in [3.63, 3.8) is 0 Å². The van der Waals surface area contributed by atoms with Gasteiger partial charge in [0.25, 0.3) is 0 Å². The highest BCUT2D eigenvalue weighted by Gasteiger charge is 2.30. The molecule has 1 aliphatic rings. The molecule has 1 aromatic carbocycles. The van der Waals surface area contributed by atoms with Crippen molar-refractivity contribution in [2.45, 2.75) is 12.8 Å². The maximum absolute atomic E-state index is 11.8. The molecule has 0 fully saturated rings. The second-order valence-electron chi connectivity index (χ2n) is 4.32. The number of methoxy groups -OCH3 is 2. The summed E-state index contributed by atoms with van der Waals surface area (Å²) in [5.74, 6) is -1.05. The Balaban J connectivity index is 2.55. The molecular weight excluding hydrogens is 250 g/mol. The Kier molecular flexibility index (Phi) is 3.59. The average Bonchev–Trinajstić information content (AvgIpc) is 2.56. The van der Waals surface area contributed by atoms with Crippen LogP contribution in [-0.4, -0.2) is 31.2 Å². The normalized spacial score (nSPS) is 18.0. The standard InChI is InChI=1S/C13H15NO5/c1-18-9-3-4-10(19-2)12-8(9)5-7(13(16)17)6-11(15)14-12/h3-4,7H,5-6H2,1-2H3,(H,14,15)(H,16,17). The van der Waals surface area contributed by atoms with E-state index in [0.717, 1.165) is 0 Å². The second-order valence-corrected chi connectivity index (χ2v) is 4.32. The number of fused-ring (bicyclic) bond motifs is 1. The first kappa shape index (κ1) is 13.2. The molecule has 0 saturated heterocycles. The van der Waals surface area contributed by atoms with Crippen LogP contribution in [-0.2, 0) is 16.0 Å². The lowest BCUT2D eigenvalue weighted by Crippen LogP contribution is -2.20. The van der Waals surface area contributed by atoms with Crippen LogP contribution in [0.4, 0.5) is 5.69 Å². The highest BCUT2D eigenvalue weighted by atomic mass is 16.5. The van der Waals surface area contributed by atoms with E-state index in [1.54, 1.807) is 12.1 Å². The van der Waals surface area contributed by atoms with Crippen molar-refractivity contribution < 1.29 is 24.2 Å². The van der Waals surface area contributed by atoms with Gasteiger partial charge in [-0.05, 0) is 18.6 Å². The van der Waals surface area contributed by atoms with Gasteiger partial charge in [-0.2, -0.15) is 0 Å². The molecule has 1 atom stereocenters. The van der Waals surface area contributed by atoms with Crippen LogP contribution in [0.25, 0.3) is 0 Å². The van der Waals surface area contributed by atoms with Gasteiger partial charge in [-0.1, -0.05) is 0 Å². The maximum atomic E-state index is 11.8. The lowest BCUT2D eigenvalue weighted by atomic mass is 9.96. The molecule has 1 amide bonds. The van der Waals surface area contributed by atoms with Gasteiger partial charge in [0, 0.05) is 12.0 Å². The maximum Gasteiger partial charge on any atom is 0.307 e. The van der Waals surface area contributed by atoms with Crippen LogP contribution in [0.1, 0.15) is 12.0 Å². The van der Waals surface area contributed by atoms with Crippen LogP contribution >= 0.6 is 0 Å². The number of anilines is 1. The van der Waals surface area contributed by atoms with Gasteiger partial charge < -0.3 is 19.9 Å². The van der Waals surface area contributed by atoms with Crippen LogP contribution in [0, 0.1) is 5.92 Å². The number of amides is 1. The first-order valence-corrected chi connectivity index (χ1v) is 5.83. The monoisotopic (exact) mass is 265 g/mol. The molecule has 2 rings (SSSR count). The number of carboxylic acids is 1. The van der Waals surface area contributed by atoms with Gasteiger partial charge in [-0.3, -0.25) is 9.59 Å². The van der Waals surface area contributed by atoms with Crippen molar-refractivity contribution in [1.29, 1.82) is 0 Å². The summed E-state index contributed by atoms with van der Waals surface area (Å²) in [6.07, 6.45) is 0.167. The Morgan fingerprint density at radius 2 is 1.89 bits per heavy atom. The van der Waals surface area contributed by atoms with E-state index >= 15 is 0 Å². The van der Waals surface area contributed by atoms with Gasteiger partial charge in [0.05, 0.1) is 25.8 Å². The topological polar surface area (TPSA) is 84.9 Å². The van der Waals surface area contributed by atoms with E-state index in [9.17, 15) is 9.59 Å². The SMILES string of the molecule is COc1ccc(OC)c2c1CC(C(=O)O)CC(=O)N2. The minimum absolute atomic E-state index is 0.0592. The Morgan fingerprint density at radius 3 is 2.47 bits per heavy atom. The Labute approximate surface area is 110 Å². The Hall–Kier alpha value is -2.24. The number of benzene rings is 1. The van der Waals surface area contributed by atoms with E-state index < -0.39 is 11.9 Å². The lowest BCUT2D eigenvalue weighted by molar-refractivity contribution is -0.143. The van der Waals surface area contributed by atoms with E-state index in [4.69, 9.17) is 14.6 Å². The van der Waals surface area contributed by atoms with Gasteiger partial charge in [0.1, 0.15) is 11.5 Å². The van der Waals surface area contributed by atoms with Gasteiger partial charge in [0.2, 0.25) is 5.91 Å². The average molecular weight is 265 g/mol. The number of hydrogen-bond donors (Lipinski definition) is 2. The van der Waals surface area contributed by atoms with E-state index in [2.05, 4.69) is 5.32 Å². The molecule has 1 aromatic rings. The third kappa shape index (κ3) is 2.47. The van der Waals surface area contributed by atoms with Gasteiger partial charge >= 0.3 is 5.97 Å². The third-order valence-electron chi connectivity index (χ3n) is 3.17. The Bertz CT molecular complexity index is 526. The van der Waals surface area contributed by atoms with E-state index in [1.807, 2.05) is 0 Å². The molecule has 102 valence electrons. The highest BCUT2D eigenvalue weighted by molar-refractivity contribution is 5.97. The number of carbonyl (C=O) groups is 2. The minimum atomic E-state index is -0.993. The molecule has 6 nitrogen and oxygen atoms in total. The first-order valence-electron chi connectivity index (χ1n) is 5.83. The molecule has 0 radical (unpaired) electrons. The Morgan fingerprint density at radius 1 is 1.26 bits per heavy atom. The summed E-state index contributed by atoms with van der Waals surface area (Å²) in [6.45, 7) is 0. The van der Waals surface area contributed by atoms with Crippen molar-refractivity contribution in [1.82, 2.24) is 0 Å². The van der Waals surface area contributed by atoms with E-state index in [1.165, 1.54) is 14.2 Å². The zero-order valence-electron chi connectivity index (χ0n) is 10.7. The van der Waals surface area contributed by atoms with Crippen molar-refractivity contribution in [2.24, 2.45) is 5.92 Å². The number of nitrogens with one attached hydrogen (secondary N) is 1. The van der Waals surface area contributed by atoms with E-state index in [0.29, 0.717) is 22.7 Å². The lowest BCUT2D eigenvalue weighted by Gasteiger charge is -2.15. The second kappa shape index (κ2) is 5.17. The van der Waals surface area contributed by atoms with Crippen LogP contribution in [0.3, 0.4) is 0 Å². The number of hydrogen-bond acceptors (Lipinski definition) is 4. The first-order chi connectivity index (χ1) is 9.06. The van der Waals surface area contributed by atoms with Crippen LogP contribution < -0.4 is 14.8 Å². The number of carboxylic acid groups (broad SMARTS) is 1. The molecule has 0 aliphatic carbocycles. The number of carbonyl (C=O) groups excluding carboxylic acids is 1. The fraction of sp³-hybridized carbons (Fsp3) is 0.385.